The van der Waals surface area contributed by atoms with Crippen LogP contribution in [0.1, 0.15) is 100 Å². The molecule has 4 N–H and O–H groups in total. The standard InChI is InChI=1S/C36H59N5O8S/c1-11-12-16-24(27(42)30(44)37-19-20-49-10)38-29(43)26-25-23(35(25,8)9)21-41(26)31(45)28(33(2,3)4)39-32(46)40-36(17-14-13-15-18-36)22-50(47,48)34(5,6)7/h1,23-26,28H,12-22H2,2-10H3,(H,37,44)(H,38,43)(H2,39,40,46)/t23-,24?,25-,26?,28+/m0/s1. The highest BCUT2D eigenvalue weighted by molar-refractivity contribution is 7.92. The second-order valence-corrected chi connectivity index (χ2v) is 19.7. The molecule has 5 amide bonds. The van der Waals surface area contributed by atoms with Gasteiger partial charge in [-0.2, -0.15) is 0 Å². The Bertz CT molecular complexity index is 1450. The number of nitrogens with one attached hydrogen (secondary N) is 4. The summed E-state index contributed by atoms with van der Waals surface area (Å²) in [5.74, 6) is -0.689. The van der Waals surface area contributed by atoms with Gasteiger partial charge in [0, 0.05) is 26.6 Å². The van der Waals surface area contributed by atoms with Crippen molar-refractivity contribution in [3.8, 4) is 12.3 Å². The lowest BCUT2D eigenvalue weighted by atomic mass is 9.83. The lowest BCUT2D eigenvalue weighted by molar-refractivity contribution is -0.145. The number of ether oxygens (including phenoxy) is 1. The molecule has 0 aromatic heterocycles. The van der Waals surface area contributed by atoms with Crippen molar-refractivity contribution < 1.29 is 37.1 Å². The fourth-order valence-corrected chi connectivity index (χ4v) is 8.94. The van der Waals surface area contributed by atoms with E-state index in [0.29, 0.717) is 12.8 Å². The first-order valence-corrected chi connectivity index (χ1v) is 19.3. The van der Waals surface area contributed by atoms with E-state index in [1.807, 2.05) is 34.6 Å². The van der Waals surface area contributed by atoms with Gasteiger partial charge in [0.05, 0.1) is 28.7 Å². The summed E-state index contributed by atoms with van der Waals surface area (Å²) in [6, 6.07) is -3.85. The molecule has 50 heavy (non-hydrogen) atoms. The zero-order valence-electron chi connectivity index (χ0n) is 31.4. The zero-order valence-corrected chi connectivity index (χ0v) is 32.2. The van der Waals surface area contributed by atoms with Gasteiger partial charge < -0.3 is 30.9 Å². The van der Waals surface area contributed by atoms with E-state index < -0.39 is 73.2 Å². The van der Waals surface area contributed by atoms with Crippen molar-refractivity contribution in [3.63, 3.8) is 0 Å². The van der Waals surface area contributed by atoms with Crippen LogP contribution in [0, 0.1) is 35.0 Å². The third-order valence-corrected chi connectivity index (χ3v) is 13.6. The summed E-state index contributed by atoms with van der Waals surface area (Å²) in [5.41, 5.74) is -2.01. The maximum atomic E-state index is 14.4. The molecule has 13 nitrogen and oxygen atoms in total. The first kappa shape index (κ1) is 41.2. The number of Topliss-reactive ketones (excluding diaryl/α,β-unsaturated/α-hetero) is 1. The molecule has 3 rings (SSSR count). The van der Waals surface area contributed by atoms with Crippen LogP contribution < -0.4 is 21.3 Å². The summed E-state index contributed by atoms with van der Waals surface area (Å²) in [6.45, 7) is 15.0. The second kappa shape index (κ2) is 15.6. The molecular weight excluding hydrogens is 662 g/mol. The molecule has 2 aliphatic carbocycles. The maximum Gasteiger partial charge on any atom is 0.315 e. The average molecular weight is 722 g/mol. The van der Waals surface area contributed by atoms with Crippen LogP contribution in [0.25, 0.3) is 0 Å². The van der Waals surface area contributed by atoms with Gasteiger partial charge in [-0.25, -0.2) is 13.2 Å². The quantitative estimate of drug-likeness (QED) is 0.120. The van der Waals surface area contributed by atoms with Crippen molar-refractivity contribution >= 4 is 39.4 Å². The number of nitrogens with zero attached hydrogens (tertiary/aromatic N) is 1. The van der Waals surface area contributed by atoms with E-state index in [1.165, 1.54) is 12.0 Å². The molecule has 5 atom stereocenters. The Morgan fingerprint density at radius 3 is 2.16 bits per heavy atom. The first-order chi connectivity index (χ1) is 23.0. The largest absolute Gasteiger partial charge is 0.383 e. The van der Waals surface area contributed by atoms with Crippen LogP contribution in [0.15, 0.2) is 0 Å². The van der Waals surface area contributed by atoms with Crippen molar-refractivity contribution in [2.24, 2.45) is 22.7 Å². The Morgan fingerprint density at radius 1 is 1.00 bits per heavy atom. The number of urea groups is 1. The number of terminal acetylenes is 1. The van der Waals surface area contributed by atoms with Crippen LogP contribution in [-0.4, -0.2) is 104 Å². The lowest BCUT2D eigenvalue weighted by Crippen LogP contribution is -2.64. The number of piperidine rings is 1. The van der Waals surface area contributed by atoms with Gasteiger partial charge in [0.2, 0.25) is 17.6 Å². The van der Waals surface area contributed by atoms with Crippen molar-refractivity contribution in [2.75, 3.05) is 32.6 Å². The molecule has 2 saturated carbocycles. The van der Waals surface area contributed by atoms with Gasteiger partial charge in [0.25, 0.3) is 5.91 Å². The molecule has 2 unspecified atom stereocenters. The summed E-state index contributed by atoms with van der Waals surface area (Å²) < 4.78 is 30.5. The monoisotopic (exact) mass is 721 g/mol. The van der Waals surface area contributed by atoms with Crippen LogP contribution in [-0.2, 0) is 33.8 Å². The average Bonchev–Trinajstić information content (AvgIpc) is 3.31. The number of hydrogen-bond donors (Lipinski definition) is 4. The first-order valence-electron chi connectivity index (χ1n) is 17.7. The van der Waals surface area contributed by atoms with Gasteiger partial charge in [-0.1, -0.05) is 53.9 Å². The number of methoxy groups -OCH3 is 1. The highest BCUT2D eigenvalue weighted by Crippen LogP contribution is 2.65. The Labute approximate surface area is 298 Å². The Morgan fingerprint density at radius 2 is 1.62 bits per heavy atom. The molecule has 3 fully saturated rings. The number of carbonyl (C=O) groups excluding carboxylic acids is 5. The number of amides is 5. The Hall–Kier alpha value is -3.18. The minimum atomic E-state index is -3.58. The normalized spacial score (nSPS) is 23.8. The predicted molar refractivity (Wildman–Crippen MR) is 190 cm³/mol. The van der Waals surface area contributed by atoms with Gasteiger partial charge in [0.1, 0.15) is 12.1 Å². The second-order valence-electron chi connectivity index (χ2n) is 16.9. The summed E-state index contributed by atoms with van der Waals surface area (Å²) in [4.78, 5) is 69.4. The van der Waals surface area contributed by atoms with E-state index in [0.717, 1.165) is 19.3 Å². The van der Waals surface area contributed by atoms with Crippen molar-refractivity contribution in [1.82, 2.24) is 26.2 Å². The molecule has 0 aromatic carbocycles. The van der Waals surface area contributed by atoms with E-state index in [-0.39, 0.29) is 55.5 Å². The number of rotatable bonds is 14. The number of carbonyl (C=O) groups is 5. The van der Waals surface area contributed by atoms with Crippen LogP contribution in [0.4, 0.5) is 4.79 Å². The Kier molecular flexibility index (Phi) is 12.9. The molecule has 1 saturated heterocycles. The summed E-state index contributed by atoms with van der Waals surface area (Å²) in [7, 11) is -2.11. The fourth-order valence-electron chi connectivity index (χ4n) is 7.42. The van der Waals surface area contributed by atoms with Crippen LogP contribution in [0.3, 0.4) is 0 Å². The molecular formula is C36H59N5O8S. The smallest absolute Gasteiger partial charge is 0.315 e. The number of likely N-dealkylation sites (tertiary alicyclic amines) is 1. The third kappa shape index (κ3) is 9.37. The summed E-state index contributed by atoms with van der Waals surface area (Å²) in [5, 5.41) is 11.1. The minimum absolute atomic E-state index is 0.0157. The highest BCUT2D eigenvalue weighted by Gasteiger charge is 2.70. The summed E-state index contributed by atoms with van der Waals surface area (Å²) >= 11 is 0. The third-order valence-electron chi connectivity index (χ3n) is 10.8. The van der Waals surface area contributed by atoms with Gasteiger partial charge in [-0.15, -0.1) is 12.3 Å². The van der Waals surface area contributed by atoms with E-state index in [2.05, 4.69) is 27.2 Å². The van der Waals surface area contributed by atoms with Crippen molar-refractivity contribution in [3.05, 3.63) is 0 Å². The molecule has 282 valence electrons. The number of ketones is 1. The van der Waals surface area contributed by atoms with Crippen LogP contribution in [0.5, 0.6) is 0 Å². The number of fused-ring (bicyclic) bond motifs is 1. The molecule has 1 heterocycles. The zero-order chi connectivity index (χ0) is 37.9. The molecule has 0 bridgehead atoms. The van der Waals surface area contributed by atoms with Crippen LogP contribution in [0.2, 0.25) is 0 Å². The van der Waals surface area contributed by atoms with Crippen molar-refractivity contribution in [2.45, 2.75) is 129 Å². The SMILES string of the molecule is C#CCCC(NC(=O)C1[C@@H]2[C@H](CN1C(=O)[C@@H](NC(=O)NC1(CS(=O)(=O)C(C)(C)C)CCCCC1)C(C)(C)C)C2(C)C)C(=O)C(=O)NCCOC. The van der Waals surface area contributed by atoms with E-state index in [9.17, 15) is 32.4 Å². The molecule has 3 aliphatic rings. The fraction of sp³-hybridized carbons (Fsp3) is 0.806. The van der Waals surface area contributed by atoms with Crippen LogP contribution >= 0.6 is 0 Å². The molecule has 1 aliphatic heterocycles. The van der Waals surface area contributed by atoms with Gasteiger partial charge in [-0.3, -0.25) is 19.2 Å². The van der Waals surface area contributed by atoms with E-state index in [4.69, 9.17) is 11.2 Å². The van der Waals surface area contributed by atoms with Gasteiger partial charge in [-0.05, 0) is 62.7 Å². The Balaban J connectivity index is 1.85. The highest BCUT2D eigenvalue weighted by atomic mass is 32.2. The van der Waals surface area contributed by atoms with E-state index in [1.54, 1.807) is 20.8 Å². The minimum Gasteiger partial charge on any atom is -0.383 e. The van der Waals surface area contributed by atoms with E-state index >= 15 is 0 Å². The molecule has 14 heteroatoms. The molecule has 0 spiro atoms. The molecule has 0 radical (unpaired) electrons. The van der Waals surface area contributed by atoms with Crippen molar-refractivity contribution in [1.29, 1.82) is 0 Å². The lowest BCUT2D eigenvalue weighted by Gasteiger charge is -2.41. The topological polar surface area (TPSA) is 180 Å². The summed E-state index contributed by atoms with van der Waals surface area (Å²) in [6.07, 6.45) is 9.10. The predicted octanol–water partition coefficient (Wildman–Crippen LogP) is 2.33. The van der Waals surface area contributed by atoms with Gasteiger partial charge in [0.15, 0.2) is 9.84 Å². The number of sulfone groups is 1. The number of hydrogen-bond acceptors (Lipinski definition) is 8. The molecule has 0 aromatic rings. The van der Waals surface area contributed by atoms with Gasteiger partial charge >= 0.3 is 6.03 Å². The maximum absolute atomic E-state index is 14.4.